The first-order valence-electron chi connectivity index (χ1n) is 5.10. The quantitative estimate of drug-likeness (QED) is 0.868. The number of ether oxygens (including phenoxy) is 1. The van der Waals surface area contributed by atoms with Gasteiger partial charge in [0.05, 0.1) is 0 Å². The van der Waals surface area contributed by atoms with Crippen molar-refractivity contribution in [2.24, 2.45) is 0 Å². The van der Waals surface area contributed by atoms with Gasteiger partial charge in [-0.2, -0.15) is 9.97 Å². The van der Waals surface area contributed by atoms with Crippen LogP contribution in [0.3, 0.4) is 0 Å². The number of nitrogens with zero attached hydrogens (tertiary/aromatic N) is 3. The normalized spacial score (nSPS) is 10.3. The lowest BCUT2D eigenvalue weighted by molar-refractivity contribution is 0.294. The van der Waals surface area contributed by atoms with E-state index in [0.29, 0.717) is 21.8 Å². The van der Waals surface area contributed by atoms with E-state index >= 15 is 0 Å². The van der Waals surface area contributed by atoms with Gasteiger partial charge in [0.15, 0.2) is 11.0 Å². The fourth-order valence-electron chi connectivity index (χ4n) is 1.25. The van der Waals surface area contributed by atoms with E-state index in [1.807, 2.05) is 6.26 Å². The number of benzene rings is 1. The number of thioether (sulfide) groups is 1. The number of hydrogen-bond acceptors (Lipinski definition) is 6. The first-order chi connectivity index (χ1) is 8.67. The zero-order valence-corrected chi connectivity index (χ0v) is 11.2. The van der Waals surface area contributed by atoms with Gasteiger partial charge in [-0.15, -0.1) is 0 Å². The molecule has 0 aliphatic rings. The van der Waals surface area contributed by atoms with E-state index in [0.717, 1.165) is 0 Å². The molecular weight excluding hydrogens is 272 g/mol. The molecule has 18 heavy (non-hydrogen) atoms. The number of anilines is 1. The Hall–Kier alpha value is -1.53. The van der Waals surface area contributed by atoms with E-state index in [1.165, 1.54) is 11.8 Å². The highest BCUT2D eigenvalue weighted by Gasteiger charge is 2.04. The maximum atomic E-state index is 5.78. The van der Waals surface area contributed by atoms with Crippen molar-refractivity contribution in [2.45, 2.75) is 11.8 Å². The van der Waals surface area contributed by atoms with Crippen LogP contribution in [0.25, 0.3) is 0 Å². The molecular formula is C11H11ClN4OS. The Labute approximate surface area is 114 Å². The summed E-state index contributed by atoms with van der Waals surface area (Å²) in [6.45, 7) is 0.238. The Morgan fingerprint density at radius 3 is 2.61 bits per heavy atom. The lowest BCUT2D eigenvalue weighted by atomic mass is 10.3. The third-order valence-electron chi connectivity index (χ3n) is 2.04. The van der Waals surface area contributed by atoms with Crippen molar-refractivity contribution in [3.05, 3.63) is 35.1 Å². The molecule has 0 bridgehead atoms. The topological polar surface area (TPSA) is 73.9 Å². The van der Waals surface area contributed by atoms with Gasteiger partial charge in [0.25, 0.3) is 0 Å². The molecule has 0 radical (unpaired) electrons. The van der Waals surface area contributed by atoms with Crippen LogP contribution in [0.5, 0.6) is 5.75 Å². The van der Waals surface area contributed by atoms with Gasteiger partial charge in [-0.05, 0) is 30.5 Å². The van der Waals surface area contributed by atoms with E-state index in [4.69, 9.17) is 22.1 Å². The van der Waals surface area contributed by atoms with Crippen molar-refractivity contribution in [1.82, 2.24) is 15.0 Å². The van der Waals surface area contributed by atoms with Crippen LogP contribution in [-0.4, -0.2) is 21.2 Å². The number of hydrogen-bond donors (Lipinski definition) is 1. The van der Waals surface area contributed by atoms with Crippen LogP contribution >= 0.6 is 23.4 Å². The molecule has 2 rings (SSSR count). The maximum absolute atomic E-state index is 5.78. The zero-order chi connectivity index (χ0) is 13.0. The van der Waals surface area contributed by atoms with E-state index in [2.05, 4.69) is 15.0 Å². The van der Waals surface area contributed by atoms with E-state index in [-0.39, 0.29) is 12.6 Å². The monoisotopic (exact) mass is 282 g/mol. The summed E-state index contributed by atoms with van der Waals surface area (Å²) in [7, 11) is 0. The van der Waals surface area contributed by atoms with Crippen LogP contribution in [0.15, 0.2) is 29.4 Å². The Kier molecular flexibility index (Phi) is 4.22. The summed E-state index contributed by atoms with van der Waals surface area (Å²) >= 11 is 7.19. The van der Waals surface area contributed by atoms with Crippen LogP contribution in [0.4, 0.5) is 5.95 Å². The Bertz CT molecular complexity index is 535. The van der Waals surface area contributed by atoms with Gasteiger partial charge in [-0.25, -0.2) is 4.98 Å². The van der Waals surface area contributed by atoms with Crippen molar-refractivity contribution in [2.75, 3.05) is 12.0 Å². The highest BCUT2D eigenvalue weighted by molar-refractivity contribution is 7.98. The lowest BCUT2D eigenvalue weighted by Gasteiger charge is -2.06. The zero-order valence-electron chi connectivity index (χ0n) is 9.63. The third kappa shape index (κ3) is 3.48. The third-order valence-corrected chi connectivity index (χ3v) is 2.84. The van der Waals surface area contributed by atoms with Crippen LogP contribution in [0.2, 0.25) is 5.02 Å². The van der Waals surface area contributed by atoms with Crippen molar-refractivity contribution in [3.8, 4) is 5.75 Å². The molecule has 0 atom stereocenters. The number of nitrogen functional groups attached to an aromatic ring is 1. The Morgan fingerprint density at radius 1 is 1.22 bits per heavy atom. The van der Waals surface area contributed by atoms with E-state index < -0.39 is 0 Å². The van der Waals surface area contributed by atoms with Crippen molar-refractivity contribution >= 4 is 29.3 Å². The van der Waals surface area contributed by atoms with E-state index in [9.17, 15) is 0 Å². The maximum Gasteiger partial charge on any atom is 0.224 e. The molecule has 0 amide bonds. The van der Waals surface area contributed by atoms with Gasteiger partial charge in [0.2, 0.25) is 5.95 Å². The molecule has 0 saturated carbocycles. The molecule has 5 nitrogen and oxygen atoms in total. The Morgan fingerprint density at radius 2 is 1.94 bits per heavy atom. The number of halogens is 1. The molecule has 2 aromatic rings. The summed E-state index contributed by atoms with van der Waals surface area (Å²) in [5.41, 5.74) is 5.58. The molecule has 1 heterocycles. The molecule has 1 aromatic carbocycles. The summed E-state index contributed by atoms with van der Waals surface area (Å²) < 4.78 is 5.53. The average Bonchev–Trinajstić information content (AvgIpc) is 2.37. The van der Waals surface area contributed by atoms with Gasteiger partial charge in [-0.1, -0.05) is 23.4 Å². The fourth-order valence-corrected chi connectivity index (χ4v) is 1.76. The van der Waals surface area contributed by atoms with Gasteiger partial charge < -0.3 is 10.5 Å². The summed E-state index contributed by atoms with van der Waals surface area (Å²) in [4.78, 5) is 12.2. The second kappa shape index (κ2) is 5.88. The summed E-state index contributed by atoms with van der Waals surface area (Å²) in [5.74, 6) is 1.40. The minimum Gasteiger partial charge on any atom is -0.486 e. The van der Waals surface area contributed by atoms with Gasteiger partial charge in [0, 0.05) is 5.02 Å². The van der Waals surface area contributed by atoms with Gasteiger partial charge in [0.1, 0.15) is 12.4 Å². The minimum absolute atomic E-state index is 0.198. The van der Waals surface area contributed by atoms with Gasteiger partial charge >= 0.3 is 0 Å². The van der Waals surface area contributed by atoms with Crippen LogP contribution in [-0.2, 0) is 6.61 Å². The summed E-state index contributed by atoms with van der Waals surface area (Å²) in [6, 6.07) is 7.07. The SMILES string of the molecule is CSc1nc(N)nc(COc2ccc(Cl)cc2)n1. The Balaban J connectivity index is 2.05. The molecule has 0 aliphatic heterocycles. The average molecular weight is 283 g/mol. The largest absolute Gasteiger partial charge is 0.486 e. The summed E-state index contributed by atoms with van der Waals surface area (Å²) in [6.07, 6.45) is 1.87. The highest BCUT2D eigenvalue weighted by Crippen LogP contribution is 2.17. The number of nitrogens with two attached hydrogens (primary N) is 1. The first-order valence-corrected chi connectivity index (χ1v) is 6.70. The number of rotatable bonds is 4. The second-order valence-corrected chi connectivity index (χ2v) is 4.55. The molecule has 7 heteroatoms. The summed E-state index contributed by atoms with van der Waals surface area (Å²) in [5, 5.41) is 1.24. The highest BCUT2D eigenvalue weighted by atomic mass is 35.5. The molecule has 94 valence electrons. The van der Waals surface area contributed by atoms with Gasteiger partial charge in [-0.3, -0.25) is 0 Å². The van der Waals surface area contributed by atoms with Crippen LogP contribution in [0.1, 0.15) is 5.82 Å². The first kappa shape index (κ1) is 12.9. The molecule has 2 N–H and O–H groups in total. The molecule has 0 spiro atoms. The smallest absolute Gasteiger partial charge is 0.224 e. The molecule has 0 saturated heterocycles. The molecule has 1 aromatic heterocycles. The fraction of sp³-hybridized carbons (Fsp3) is 0.182. The standard InChI is InChI=1S/C11H11ClN4OS/c1-18-11-15-9(14-10(13)16-11)6-17-8-4-2-7(12)3-5-8/h2-5H,6H2,1H3,(H2,13,14,15,16). The van der Waals surface area contributed by atoms with Crippen molar-refractivity contribution in [1.29, 1.82) is 0 Å². The predicted molar refractivity (Wildman–Crippen MR) is 71.8 cm³/mol. The lowest BCUT2D eigenvalue weighted by Crippen LogP contribution is -2.07. The molecule has 0 fully saturated rings. The molecule has 0 unspecified atom stereocenters. The minimum atomic E-state index is 0.198. The van der Waals surface area contributed by atoms with Crippen molar-refractivity contribution in [3.63, 3.8) is 0 Å². The van der Waals surface area contributed by atoms with Crippen LogP contribution in [0, 0.1) is 0 Å². The predicted octanol–water partition coefficient (Wildman–Crippen LogP) is 2.41. The van der Waals surface area contributed by atoms with Crippen molar-refractivity contribution < 1.29 is 4.74 Å². The molecule has 0 aliphatic carbocycles. The van der Waals surface area contributed by atoms with Crippen LogP contribution < -0.4 is 10.5 Å². The van der Waals surface area contributed by atoms with E-state index in [1.54, 1.807) is 24.3 Å². The number of aromatic nitrogens is 3. The second-order valence-electron chi connectivity index (χ2n) is 3.34.